The summed E-state index contributed by atoms with van der Waals surface area (Å²) in [6, 6.07) is 0. The number of carbonyl (C=O) groups is 2. The molecular formula is C26H51NO5. The highest BCUT2D eigenvalue weighted by atomic mass is 16.5. The Balaban J connectivity index is 0.000000677. The van der Waals surface area contributed by atoms with E-state index < -0.39 is 11.9 Å². The van der Waals surface area contributed by atoms with E-state index in [0.29, 0.717) is 6.61 Å². The average molecular weight is 458 g/mol. The highest BCUT2D eigenvalue weighted by Crippen LogP contribution is 2.36. The van der Waals surface area contributed by atoms with Crippen molar-refractivity contribution in [1.29, 1.82) is 0 Å². The second-order valence-electron chi connectivity index (χ2n) is 10.5. The maximum atomic E-state index is 11.1. The fourth-order valence-electron chi connectivity index (χ4n) is 4.38. The highest BCUT2D eigenvalue weighted by Gasteiger charge is 2.42. The maximum Gasteiger partial charge on any atom is 0.306 e. The quantitative estimate of drug-likeness (QED) is 0.248. The second kappa shape index (κ2) is 16.5. The molecule has 0 aliphatic carbocycles. The first-order valence-corrected chi connectivity index (χ1v) is 12.7. The molecule has 2 N–H and O–H groups in total. The smallest absolute Gasteiger partial charge is 0.306 e. The van der Waals surface area contributed by atoms with E-state index in [0.717, 1.165) is 25.7 Å². The van der Waals surface area contributed by atoms with Gasteiger partial charge in [-0.1, -0.05) is 64.7 Å². The van der Waals surface area contributed by atoms with E-state index in [1.165, 1.54) is 51.4 Å². The zero-order chi connectivity index (χ0) is 24.6. The van der Waals surface area contributed by atoms with Crippen molar-refractivity contribution in [3.8, 4) is 0 Å². The third-order valence-electron chi connectivity index (χ3n) is 6.59. The molecule has 32 heavy (non-hydrogen) atoms. The van der Waals surface area contributed by atoms with Gasteiger partial charge in [0.1, 0.15) is 0 Å². The molecule has 0 aromatic rings. The Labute approximate surface area is 197 Å². The topological polar surface area (TPSA) is 87.1 Å². The number of carboxylic acids is 1. The predicted octanol–water partition coefficient (Wildman–Crippen LogP) is 5.95. The van der Waals surface area contributed by atoms with Gasteiger partial charge in [-0.25, -0.2) is 0 Å². The number of hydrogen-bond donors (Lipinski definition) is 2. The monoisotopic (exact) mass is 457 g/mol. The van der Waals surface area contributed by atoms with Crippen molar-refractivity contribution in [2.24, 2.45) is 0 Å². The van der Waals surface area contributed by atoms with E-state index >= 15 is 0 Å². The van der Waals surface area contributed by atoms with Gasteiger partial charge in [-0.05, 0) is 54.0 Å². The minimum absolute atomic E-state index is 0.0207. The molecule has 6 heteroatoms. The fourth-order valence-corrected chi connectivity index (χ4v) is 4.38. The number of esters is 1. The molecule has 1 fully saturated rings. The van der Waals surface area contributed by atoms with Crippen LogP contribution in [0.3, 0.4) is 0 Å². The molecule has 0 spiro atoms. The number of nitrogens with zero attached hydrogens (tertiary/aromatic N) is 1. The molecule has 0 bridgehead atoms. The maximum absolute atomic E-state index is 11.1. The molecule has 0 radical (unpaired) electrons. The minimum Gasteiger partial charge on any atom is -0.481 e. The van der Waals surface area contributed by atoms with Crippen molar-refractivity contribution in [2.45, 2.75) is 142 Å². The van der Waals surface area contributed by atoms with Crippen molar-refractivity contribution in [1.82, 2.24) is 4.90 Å². The molecule has 0 amide bonds. The lowest BCUT2D eigenvalue weighted by Gasteiger charge is -2.52. The Morgan fingerprint density at radius 3 is 1.72 bits per heavy atom. The van der Waals surface area contributed by atoms with Crippen LogP contribution in [0.1, 0.15) is 125 Å². The van der Waals surface area contributed by atoms with Crippen LogP contribution >= 0.6 is 0 Å². The lowest BCUT2D eigenvalue weighted by atomic mass is 9.79. The number of ether oxygens (including phenoxy) is 1. The molecule has 6 nitrogen and oxygen atoms in total. The van der Waals surface area contributed by atoms with Gasteiger partial charge in [0.05, 0.1) is 25.6 Å². The molecule has 0 aromatic heterocycles. The molecule has 0 saturated carbocycles. The molecule has 1 heterocycles. The van der Waals surface area contributed by atoms with Gasteiger partial charge in [0, 0.05) is 11.1 Å². The largest absolute Gasteiger partial charge is 0.481 e. The Hall–Kier alpha value is -1.14. The Kier molecular flexibility index (Phi) is 15.9. The van der Waals surface area contributed by atoms with Gasteiger partial charge in [-0.2, -0.15) is 0 Å². The Morgan fingerprint density at radius 1 is 0.844 bits per heavy atom. The van der Waals surface area contributed by atoms with Gasteiger partial charge < -0.3 is 14.9 Å². The first-order valence-electron chi connectivity index (χ1n) is 12.7. The summed E-state index contributed by atoms with van der Waals surface area (Å²) in [5.74, 6) is -1.36. The predicted molar refractivity (Wildman–Crippen MR) is 131 cm³/mol. The average Bonchev–Trinajstić information content (AvgIpc) is 2.68. The summed E-state index contributed by atoms with van der Waals surface area (Å²) >= 11 is 0. The van der Waals surface area contributed by atoms with Crippen molar-refractivity contribution >= 4 is 11.9 Å². The third-order valence-corrected chi connectivity index (χ3v) is 6.59. The summed E-state index contributed by atoms with van der Waals surface area (Å²) < 4.78 is 4.96. The molecule has 190 valence electrons. The van der Waals surface area contributed by atoms with E-state index in [9.17, 15) is 14.7 Å². The van der Waals surface area contributed by atoms with Gasteiger partial charge in [0.15, 0.2) is 0 Å². The number of hydrogen-bond acceptors (Lipinski definition) is 5. The van der Waals surface area contributed by atoms with Crippen LogP contribution in [0.5, 0.6) is 0 Å². The molecule has 1 rings (SSSR count). The number of piperidine rings is 1. The fraction of sp³-hybridized carbons (Fsp3) is 0.923. The van der Waals surface area contributed by atoms with E-state index in [-0.39, 0.29) is 30.0 Å². The SMILES string of the molecule is CCCCCCCCCCCCOC(=O)CCC(=O)O.CN1C(C)(C)CC(O)CC1(C)C. The van der Waals surface area contributed by atoms with E-state index in [4.69, 9.17) is 9.84 Å². The highest BCUT2D eigenvalue weighted by molar-refractivity contribution is 5.76. The first kappa shape index (κ1) is 30.9. The van der Waals surface area contributed by atoms with Gasteiger partial charge >= 0.3 is 11.9 Å². The molecule has 1 saturated heterocycles. The second-order valence-corrected chi connectivity index (χ2v) is 10.5. The molecule has 1 aliphatic heterocycles. The van der Waals surface area contributed by atoms with Crippen LogP contribution < -0.4 is 0 Å². The number of unbranched alkanes of at least 4 members (excludes halogenated alkanes) is 9. The molecule has 0 unspecified atom stereocenters. The Morgan fingerprint density at radius 2 is 1.28 bits per heavy atom. The summed E-state index contributed by atoms with van der Waals surface area (Å²) in [7, 11) is 2.14. The van der Waals surface area contributed by atoms with Crippen LogP contribution in [0.2, 0.25) is 0 Å². The molecule has 0 aromatic carbocycles. The van der Waals surface area contributed by atoms with Crippen LogP contribution in [0.15, 0.2) is 0 Å². The first-order chi connectivity index (χ1) is 14.9. The number of carboxylic acid groups (broad SMARTS) is 1. The van der Waals surface area contributed by atoms with Crippen molar-refractivity contribution in [2.75, 3.05) is 13.7 Å². The van der Waals surface area contributed by atoms with E-state index in [1.54, 1.807) is 0 Å². The van der Waals surface area contributed by atoms with Gasteiger partial charge in [0.2, 0.25) is 0 Å². The standard InChI is InChI=1S/C16H30O4.C10H21NO/c1-2-3-4-5-6-7-8-9-10-11-14-20-16(19)13-12-15(17)18;1-9(2)6-8(12)7-10(3,4)11(9)5/h2-14H2,1H3,(H,17,18);8,12H,6-7H2,1-5H3. The summed E-state index contributed by atoms with van der Waals surface area (Å²) in [5.41, 5.74) is 0.252. The van der Waals surface area contributed by atoms with Gasteiger partial charge in [0.25, 0.3) is 0 Å². The van der Waals surface area contributed by atoms with Crippen molar-refractivity contribution in [3.05, 3.63) is 0 Å². The van der Waals surface area contributed by atoms with Crippen LogP contribution in [0.25, 0.3) is 0 Å². The molecule has 1 aliphatic rings. The van der Waals surface area contributed by atoms with E-state index in [2.05, 4.69) is 46.6 Å². The van der Waals surface area contributed by atoms with Crippen LogP contribution in [0, 0.1) is 0 Å². The zero-order valence-electron chi connectivity index (χ0n) is 21.8. The summed E-state index contributed by atoms with van der Waals surface area (Å²) in [5, 5.41) is 18.1. The summed E-state index contributed by atoms with van der Waals surface area (Å²) in [4.78, 5) is 23.7. The van der Waals surface area contributed by atoms with Gasteiger partial charge in [-0.15, -0.1) is 0 Å². The normalized spacial score (nSPS) is 18.0. The van der Waals surface area contributed by atoms with Crippen LogP contribution in [0.4, 0.5) is 0 Å². The number of aliphatic hydroxyl groups excluding tert-OH is 1. The molecule has 0 atom stereocenters. The minimum atomic E-state index is -0.958. The third kappa shape index (κ3) is 14.8. The zero-order valence-corrected chi connectivity index (χ0v) is 21.8. The number of aliphatic carboxylic acids is 1. The van der Waals surface area contributed by atoms with Crippen LogP contribution in [-0.4, -0.2) is 57.9 Å². The van der Waals surface area contributed by atoms with Gasteiger partial charge in [-0.3, -0.25) is 14.5 Å². The summed E-state index contributed by atoms with van der Waals surface area (Å²) in [6.45, 7) is 11.4. The summed E-state index contributed by atoms with van der Waals surface area (Å²) in [6.07, 6.45) is 13.9. The van der Waals surface area contributed by atoms with Crippen molar-refractivity contribution < 1.29 is 24.5 Å². The lowest BCUT2D eigenvalue weighted by Crippen LogP contribution is -2.59. The Bertz CT molecular complexity index is 500. The number of aliphatic hydroxyl groups is 1. The van der Waals surface area contributed by atoms with Crippen LogP contribution in [-0.2, 0) is 14.3 Å². The number of carbonyl (C=O) groups excluding carboxylic acids is 1. The number of rotatable bonds is 14. The number of likely N-dealkylation sites (tertiary alicyclic amines) is 1. The van der Waals surface area contributed by atoms with E-state index in [1.807, 2.05) is 0 Å². The van der Waals surface area contributed by atoms with Crippen molar-refractivity contribution in [3.63, 3.8) is 0 Å². The molecular weight excluding hydrogens is 406 g/mol. The lowest BCUT2D eigenvalue weighted by molar-refractivity contribution is -0.147.